The van der Waals surface area contributed by atoms with Crippen molar-refractivity contribution in [3.63, 3.8) is 0 Å². The van der Waals surface area contributed by atoms with Crippen LogP contribution in [0.4, 0.5) is 13.2 Å². The van der Waals surface area contributed by atoms with E-state index < -0.39 is 11.7 Å². The van der Waals surface area contributed by atoms with Crippen molar-refractivity contribution in [2.24, 2.45) is 11.8 Å². The highest BCUT2D eigenvalue weighted by Crippen LogP contribution is 2.37. The molecule has 0 amide bonds. The Bertz CT molecular complexity index is 424. The van der Waals surface area contributed by atoms with Gasteiger partial charge in [0.2, 0.25) is 0 Å². The van der Waals surface area contributed by atoms with E-state index in [1.165, 1.54) is 25.0 Å². The molecule has 0 bridgehead atoms. The van der Waals surface area contributed by atoms with Crippen molar-refractivity contribution in [3.05, 3.63) is 35.4 Å². The molecule has 1 fully saturated rings. The van der Waals surface area contributed by atoms with Gasteiger partial charge in [0.05, 0.1) is 5.56 Å². The Kier molecular flexibility index (Phi) is 4.74. The zero-order chi connectivity index (χ0) is 14.8. The number of alkyl halides is 3. The van der Waals surface area contributed by atoms with Gasteiger partial charge < -0.3 is 5.32 Å². The van der Waals surface area contributed by atoms with Gasteiger partial charge in [-0.05, 0) is 49.4 Å². The standard InChI is InChI=1S/C16H22F3N/c1-11-4-3-5-13(10-11)15(20-2)12-6-8-14(9-7-12)16(17,18)19/h6-9,11,13,15,20H,3-5,10H2,1-2H3. The molecule has 0 aromatic heterocycles. The Morgan fingerprint density at radius 2 is 1.80 bits per heavy atom. The molecule has 1 saturated carbocycles. The number of hydrogen-bond acceptors (Lipinski definition) is 1. The maximum absolute atomic E-state index is 12.6. The Hall–Kier alpha value is -1.03. The van der Waals surface area contributed by atoms with Gasteiger partial charge in [-0.2, -0.15) is 13.2 Å². The molecule has 3 unspecified atom stereocenters. The van der Waals surface area contributed by atoms with E-state index in [1.807, 2.05) is 7.05 Å². The molecule has 3 atom stereocenters. The maximum atomic E-state index is 12.6. The van der Waals surface area contributed by atoms with Gasteiger partial charge in [-0.3, -0.25) is 0 Å². The minimum absolute atomic E-state index is 0.153. The molecule has 1 aromatic carbocycles. The van der Waals surface area contributed by atoms with E-state index >= 15 is 0 Å². The summed E-state index contributed by atoms with van der Waals surface area (Å²) in [5, 5.41) is 3.29. The van der Waals surface area contributed by atoms with Crippen LogP contribution in [0.1, 0.15) is 49.8 Å². The zero-order valence-corrected chi connectivity index (χ0v) is 12.0. The summed E-state index contributed by atoms with van der Waals surface area (Å²) >= 11 is 0. The van der Waals surface area contributed by atoms with E-state index in [0.29, 0.717) is 11.8 Å². The number of rotatable bonds is 3. The molecule has 0 aliphatic heterocycles. The number of halogens is 3. The van der Waals surface area contributed by atoms with Gasteiger partial charge in [-0.25, -0.2) is 0 Å². The molecule has 20 heavy (non-hydrogen) atoms. The van der Waals surface area contributed by atoms with E-state index in [2.05, 4.69) is 12.2 Å². The molecule has 2 rings (SSSR count). The average Bonchev–Trinajstić information content (AvgIpc) is 2.39. The maximum Gasteiger partial charge on any atom is 0.416 e. The van der Waals surface area contributed by atoms with Gasteiger partial charge in [0.1, 0.15) is 0 Å². The second-order valence-electron chi connectivity index (χ2n) is 5.92. The smallest absolute Gasteiger partial charge is 0.313 e. The molecular formula is C16H22F3N. The quantitative estimate of drug-likeness (QED) is 0.841. The van der Waals surface area contributed by atoms with Crippen LogP contribution in [0.25, 0.3) is 0 Å². The van der Waals surface area contributed by atoms with Crippen LogP contribution in [0, 0.1) is 11.8 Å². The van der Waals surface area contributed by atoms with E-state index in [1.54, 1.807) is 12.1 Å². The van der Waals surface area contributed by atoms with Crippen molar-refractivity contribution in [1.29, 1.82) is 0 Å². The number of nitrogens with one attached hydrogen (secondary N) is 1. The fourth-order valence-electron chi connectivity index (χ4n) is 3.34. The third-order valence-corrected chi connectivity index (χ3v) is 4.36. The summed E-state index contributed by atoms with van der Waals surface area (Å²) in [6, 6.07) is 5.75. The van der Waals surface area contributed by atoms with Crippen LogP contribution in [0.2, 0.25) is 0 Å². The fourth-order valence-corrected chi connectivity index (χ4v) is 3.34. The fraction of sp³-hybridized carbons (Fsp3) is 0.625. The van der Waals surface area contributed by atoms with Crippen molar-refractivity contribution in [2.75, 3.05) is 7.05 Å². The van der Waals surface area contributed by atoms with Gasteiger partial charge in [0.25, 0.3) is 0 Å². The highest BCUT2D eigenvalue weighted by molar-refractivity contribution is 5.27. The van der Waals surface area contributed by atoms with Gasteiger partial charge in [0.15, 0.2) is 0 Å². The summed E-state index contributed by atoms with van der Waals surface area (Å²) in [5.74, 6) is 1.22. The third-order valence-electron chi connectivity index (χ3n) is 4.36. The average molecular weight is 285 g/mol. The first-order valence-corrected chi connectivity index (χ1v) is 7.26. The zero-order valence-electron chi connectivity index (χ0n) is 12.0. The molecule has 4 heteroatoms. The van der Waals surface area contributed by atoms with Crippen molar-refractivity contribution in [1.82, 2.24) is 5.32 Å². The van der Waals surface area contributed by atoms with Gasteiger partial charge in [-0.15, -0.1) is 0 Å². The molecule has 1 aliphatic carbocycles. The molecular weight excluding hydrogens is 263 g/mol. The SMILES string of the molecule is CNC(c1ccc(C(F)(F)F)cc1)C1CCCC(C)C1. The highest BCUT2D eigenvalue weighted by atomic mass is 19.4. The largest absolute Gasteiger partial charge is 0.416 e. The molecule has 1 N–H and O–H groups in total. The van der Waals surface area contributed by atoms with Gasteiger partial charge in [-0.1, -0.05) is 31.9 Å². The molecule has 0 radical (unpaired) electrons. The van der Waals surface area contributed by atoms with Gasteiger partial charge in [0, 0.05) is 6.04 Å². The van der Waals surface area contributed by atoms with E-state index in [-0.39, 0.29) is 6.04 Å². The Morgan fingerprint density at radius 1 is 1.15 bits per heavy atom. The molecule has 1 aliphatic rings. The van der Waals surface area contributed by atoms with Crippen LogP contribution in [0.3, 0.4) is 0 Å². The van der Waals surface area contributed by atoms with Crippen LogP contribution in [0.5, 0.6) is 0 Å². The second kappa shape index (κ2) is 6.17. The minimum atomic E-state index is -4.26. The molecule has 1 nitrogen and oxygen atoms in total. The van der Waals surface area contributed by atoms with Crippen molar-refractivity contribution < 1.29 is 13.2 Å². The summed E-state index contributed by atoms with van der Waals surface area (Å²) in [5.41, 5.74) is 0.382. The van der Waals surface area contributed by atoms with Crippen LogP contribution in [-0.4, -0.2) is 7.05 Å². The lowest BCUT2D eigenvalue weighted by Gasteiger charge is -2.33. The summed E-state index contributed by atoms with van der Waals surface area (Å²) in [7, 11) is 1.89. The third kappa shape index (κ3) is 3.54. The van der Waals surface area contributed by atoms with E-state index in [9.17, 15) is 13.2 Å². The van der Waals surface area contributed by atoms with Crippen LogP contribution < -0.4 is 5.32 Å². The van der Waals surface area contributed by atoms with Gasteiger partial charge >= 0.3 is 6.18 Å². The lowest BCUT2D eigenvalue weighted by atomic mass is 9.76. The first kappa shape index (κ1) is 15.4. The lowest BCUT2D eigenvalue weighted by Crippen LogP contribution is -2.29. The van der Waals surface area contributed by atoms with Crippen LogP contribution in [0.15, 0.2) is 24.3 Å². The summed E-state index contributed by atoms with van der Waals surface area (Å²) in [4.78, 5) is 0. The van der Waals surface area contributed by atoms with Crippen molar-refractivity contribution in [2.45, 2.75) is 44.8 Å². The molecule has 0 heterocycles. The monoisotopic (exact) mass is 285 g/mol. The summed E-state index contributed by atoms with van der Waals surface area (Å²) in [6.07, 6.45) is 0.515. The Labute approximate surface area is 118 Å². The Morgan fingerprint density at radius 3 is 2.30 bits per heavy atom. The number of benzene rings is 1. The Balaban J connectivity index is 2.15. The first-order chi connectivity index (χ1) is 9.41. The molecule has 112 valence electrons. The molecule has 0 saturated heterocycles. The normalized spacial score (nSPS) is 25.4. The predicted molar refractivity (Wildman–Crippen MR) is 74.4 cm³/mol. The van der Waals surface area contributed by atoms with E-state index in [0.717, 1.165) is 18.4 Å². The first-order valence-electron chi connectivity index (χ1n) is 7.26. The topological polar surface area (TPSA) is 12.0 Å². The van der Waals surface area contributed by atoms with E-state index in [4.69, 9.17) is 0 Å². The lowest BCUT2D eigenvalue weighted by molar-refractivity contribution is -0.137. The predicted octanol–water partition coefficient (Wildman–Crippen LogP) is 4.79. The second-order valence-corrected chi connectivity index (χ2v) is 5.92. The van der Waals surface area contributed by atoms with Crippen LogP contribution >= 0.6 is 0 Å². The van der Waals surface area contributed by atoms with Crippen molar-refractivity contribution in [3.8, 4) is 0 Å². The molecule has 1 aromatic rings. The van der Waals surface area contributed by atoms with Crippen LogP contribution in [-0.2, 0) is 6.18 Å². The summed E-state index contributed by atoms with van der Waals surface area (Å²) < 4.78 is 37.8. The minimum Gasteiger partial charge on any atom is -0.313 e. The molecule has 0 spiro atoms. The number of hydrogen-bond donors (Lipinski definition) is 1. The summed E-state index contributed by atoms with van der Waals surface area (Å²) in [6.45, 7) is 2.26. The van der Waals surface area contributed by atoms with Crippen molar-refractivity contribution >= 4 is 0 Å². The highest BCUT2D eigenvalue weighted by Gasteiger charge is 2.31.